The topological polar surface area (TPSA) is 80.9 Å². The van der Waals surface area contributed by atoms with Gasteiger partial charge >= 0.3 is 5.97 Å². The molecule has 0 amide bonds. The molecule has 0 aliphatic heterocycles. The minimum absolute atomic E-state index is 0.101. The van der Waals surface area contributed by atoms with E-state index in [-0.39, 0.29) is 25.7 Å². The molecule has 0 fully saturated rings. The standard InChI is InChI=1S/C31H41NO5/c1-5-6-7-8-23-9-12-25(13-10-23)29-17-26-14-16-28(18-30(26)32(29)4)36-21-27(34)15-11-24(19-33)20-37-31(35)22(2)3/h9-10,12-14,16-18,24,27,33-34H,2,5-8,11,15,19-21H2,1,3-4H3. The molecule has 0 saturated carbocycles. The SMILES string of the molecule is C=C(C)C(=O)OCC(CO)CCC(O)COc1ccc2cc(-c3ccc(CCCCC)cc3)n(C)c2c1. The number of aliphatic hydroxyl groups excluding tert-OH is 2. The maximum Gasteiger partial charge on any atom is 0.333 e. The molecule has 2 atom stereocenters. The minimum Gasteiger partial charge on any atom is -0.491 e. The zero-order valence-corrected chi connectivity index (χ0v) is 22.4. The average Bonchev–Trinajstić information content (AvgIpc) is 3.23. The molecule has 2 N–H and O–H groups in total. The summed E-state index contributed by atoms with van der Waals surface area (Å²) in [5.74, 6) is -0.0119. The van der Waals surface area contributed by atoms with Crippen molar-refractivity contribution in [3.8, 4) is 17.0 Å². The number of fused-ring (bicyclic) bond motifs is 1. The molecular formula is C31H41NO5. The third-order valence-electron chi connectivity index (χ3n) is 6.74. The Hall–Kier alpha value is -3.09. The number of esters is 1. The number of aromatic nitrogens is 1. The molecule has 0 aliphatic rings. The van der Waals surface area contributed by atoms with E-state index in [4.69, 9.17) is 9.47 Å². The predicted molar refractivity (Wildman–Crippen MR) is 149 cm³/mol. The molecule has 3 rings (SSSR count). The number of rotatable bonds is 15. The summed E-state index contributed by atoms with van der Waals surface area (Å²) in [6, 6.07) is 17.0. The van der Waals surface area contributed by atoms with E-state index in [2.05, 4.69) is 55.4 Å². The summed E-state index contributed by atoms with van der Waals surface area (Å²) >= 11 is 0. The number of carbonyl (C=O) groups is 1. The van der Waals surface area contributed by atoms with E-state index >= 15 is 0 Å². The van der Waals surface area contributed by atoms with Crippen LogP contribution in [0.15, 0.2) is 60.7 Å². The Labute approximate surface area is 220 Å². The highest BCUT2D eigenvalue weighted by Crippen LogP contribution is 2.30. The normalized spacial score (nSPS) is 12.9. The van der Waals surface area contributed by atoms with Crippen LogP contribution in [0.4, 0.5) is 0 Å². The van der Waals surface area contributed by atoms with Gasteiger partial charge in [0.05, 0.1) is 18.2 Å². The van der Waals surface area contributed by atoms with Crippen molar-refractivity contribution in [2.75, 3.05) is 19.8 Å². The van der Waals surface area contributed by atoms with E-state index in [1.165, 1.54) is 30.4 Å². The van der Waals surface area contributed by atoms with Crippen LogP contribution in [0.25, 0.3) is 22.2 Å². The zero-order chi connectivity index (χ0) is 26.8. The van der Waals surface area contributed by atoms with Crippen LogP contribution in [0, 0.1) is 5.92 Å². The maximum atomic E-state index is 11.5. The van der Waals surface area contributed by atoms with Crippen molar-refractivity contribution < 1.29 is 24.5 Å². The van der Waals surface area contributed by atoms with E-state index in [1.54, 1.807) is 6.92 Å². The second-order valence-electron chi connectivity index (χ2n) is 9.93. The molecule has 2 aromatic carbocycles. The lowest BCUT2D eigenvalue weighted by atomic mass is 10.0. The first-order valence-corrected chi connectivity index (χ1v) is 13.3. The lowest BCUT2D eigenvalue weighted by Gasteiger charge is -2.17. The van der Waals surface area contributed by atoms with Crippen molar-refractivity contribution in [3.05, 3.63) is 66.2 Å². The van der Waals surface area contributed by atoms with Crippen LogP contribution in [0.1, 0.15) is 51.5 Å². The molecule has 200 valence electrons. The number of benzene rings is 2. The summed E-state index contributed by atoms with van der Waals surface area (Å²) in [4.78, 5) is 11.5. The fourth-order valence-electron chi connectivity index (χ4n) is 4.35. The monoisotopic (exact) mass is 507 g/mol. The van der Waals surface area contributed by atoms with Gasteiger partial charge in [0.2, 0.25) is 0 Å². The van der Waals surface area contributed by atoms with Gasteiger partial charge in [-0.05, 0) is 61.9 Å². The maximum absolute atomic E-state index is 11.5. The molecule has 2 unspecified atom stereocenters. The fourth-order valence-corrected chi connectivity index (χ4v) is 4.35. The molecule has 1 aromatic heterocycles. The summed E-state index contributed by atoms with van der Waals surface area (Å²) in [6.07, 6.45) is 5.11. The van der Waals surface area contributed by atoms with Gasteiger partial charge in [-0.2, -0.15) is 0 Å². The quantitative estimate of drug-likeness (QED) is 0.154. The van der Waals surface area contributed by atoms with E-state index in [0.717, 1.165) is 23.0 Å². The molecule has 0 aliphatic carbocycles. The summed E-state index contributed by atoms with van der Waals surface area (Å²) in [5.41, 5.74) is 5.10. The van der Waals surface area contributed by atoms with Gasteiger partial charge in [0.1, 0.15) is 12.4 Å². The fraction of sp³-hybridized carbons (Fsp3) is 0.452. The first kappa shape index (κ1) is 28.5. The van der Waals surface area contributed by atoms with Crippen LogP contribution in [0.5, 0.6) is 5.75 Å². The smallest absolute Gasteiger partial charge is 0.333 e. The Kier molecular flexibility index (Phi) is 10.8. The highest BCUT2D eigenvalue weighted by atomic mass is 16.5. The average molecular weight is 508 g/mol. The Balaban J connectivity index is 1.56. The third-order valence-corrected chi connectivity index (χ3v) is 6.74. The van der Waals surface area contributed by atoms with Crippen molar-refractivity contribution in [2.45, 2.75) is 58.5 Å². The summed E-state index contributed by atoms with van der Waals surface area (Å²) in [6.45, 7) is 7.48. The number of hydrogen-bond acceptors (Lipinski definition) is 5. The lowest BCUT2D eigenvalue weighted by Crippen LogP contribution is -2.22. The largest absolute Gasteiger partial charge is 0.491 e. The first-order valence-electron chi connectivity index (χ1n) is 13.3. The number of aryl methyl sites for hydroxylation is 2. The van der Waals surface area contributed by atoms with Gasteiger partial charge in [0.25, 0.3) is 0 Å². The van der Waals surface area contributed by atoms with Crippen LogP contribution in [-0.2, 0) is 23.0 Å². The Morgan fingerprint density at radius 2 is 1.81 bits per heavy atom. The van der Waals surface area contributed by atoms with E-state index in [1.807, 2.05) is 18.2 Å². The second kappa shape index (κ2) is 14.0. The molecule has 6 nitrogen and oxygen atoms in total. The highest BCUT2D eigenvalue weighted by Gasteiger charge is 2.15. The molecule has 3 aromatic rings. The van der Waals surface area contributed by atoms with Crippen molar-refractivity contribution in [2.24, 2.45) is 13.0 Å². The first-order chi connectivity index (χ1) is 17.8. The number of unbranched alkanes of at least 4 members (excludes halogenated alkanes) is 2. The predicted octanol–water partition coefficient (Wildman–Crippen LogP) is 5.83. The van der Waals surface area contributed by atoms with Gasteiger partial charge in [0, 0.05) is 42.3 Å². The Morgan fingerprint density at radius 3 is 2.49 bits per heavy atom. The molecule has 0 saturated heterocycles. The van der Waals surface area contributed by atoms with E-state index < -0.39 is 12.1 Å². The van der Waals surface area contributed by atoms with E-state index in [0.29, 0.717) is 24.2 Å². The van der Waals surface area contributed by atoms with Crippen molar-refractivity contribution in [1.82, 2.24) is 4.57 Å². The third kappa shape index (κ3) is 8.20. The van der Waals surface area contributed by atoms with Crippen LogP contribution in [-0.4, -0.2) is 46.7 Å². The number of nitrogens with zero attached hydrogens (tertiary/aromatic N) is 1. The van der Waals surface area contributed by atoms with Crippen molar-refractivity contribution in [3.63, 3.8) is 0 Å². The highest BCUT2D eigenvalue weighted by molar-refractivity contribution is 5.88. The molecule has 1 heterocycles. The lowest BCUT2D eigenvalue weighted by molar-refractivity contribution is -0.140. The molecular weight excluding hydrogens is 466 g/mol. The molecule has 0 radical (unpaired) electrons. The van der Waals surface area contributed by atoms with Gasteiger partial charge in [-0.25, -0.2) is 4.79 Å². The molecule has 6 heteroatoms. The summed E-state index contributed by atoms with van der Waals surface area (Å²) in [5, 5.41) is 21.1. The number of hydrogen-bond donors (Lipinski definition) is 2. The Morgan fingerprint density at radius 1 is 1.05 bits per heavy atom. The molecule has 37 heavy (non-hydrogen) atoms. The van der Waals surface area contributed by atoms with Crippen LogP contribution in [0.2, 0.25) is 0 Å². The van der Waals surface area contributed by atoms with Gasteiger partial charge in [-0.15, -0.1) is 0 Å². The van der Waals surface area contributed by atoms with Gasteiger partial charge in [-0.3, -0.25) is 0 Å². The van der Waals surface area contributed by atoms with Gasteiger partial charge < -0.3 is 24.3 Å². The molecule has 0 bridgehead atoms. The Bertz CT molecular complexity index is 1160. The number of carbonyl (C=O) groups excluding carboxylic acids is 1. The van der Waals surface area contributed by atoms with Crippen molar-refractivity contribution >= 4 is 16.9 Å². The van der Waals surface area contributed by atoms with Crippen LogP contribution in [0.3, 0.4) is 0 Å². The molecule has 0 spiro atoms. The number of aliphatic hydroxyl groups is 2. The zero-order valence-electron chi connectivity index (χ0n) is 22.4. The van der Waals surface area contributed by atoms with Crippen LogP contribution >= 0.6 is 0 Å². The van der Waals surface area contributed by atoms with E-state index in [9.17, 15) is 15.0 Å². The second-order valence-corrected chi connectivity index (χ2v) is 9.93. The summed E-state index contributed by atoms with van der Waals surface area (Å²) in [7, 11) is 2.06. The van der Waals surface area contributed by atoms with Crippen LogP contribution < -0.4 is 4.74 Å². The minimum atomic E-state index is -0.693. The number of ether oxygens (including phenoxy) is 2. The van der Waals surface area contributed by atoms with Gasteiger partial charge in [0.15, 0.2) is 0 Å². The summed E-state index contributed by atoms with van der Waals surface area (Å²) < 4.78 is 13.2. The van der Waals surface area contributed by atoms with Gasteiger partial charge in [-0.1, -0.05) is 50.6 Å². The van der Waals surface area contributed by atoms with Crippen molar-refractivity contribution in [1.29, 1.82) is 0 Å².